The number of nitrogens with two attached hydrogens (primary N) is 1. The third kappa shape index (κ3) is 3.70. The van der Waals surface area contributed by atoms with E-state index < -0.39 is 11.9 Å². The van der Waals surface area contributed by atoms with Crippen LogP contribution in [0.1, 0.15) is 39.5 Å². The SMILES string of the molecule is CCCC(CCC)C(=O)N1CCNCC1C(N)=O. The van der Waals surface area contributed by atoms with Crippen LogP contribution in [-0.4, -0.2) is 42.4 Å². The zero-order chi connectivity index (χ0) is 13.5. The Hall–Kier alpha value is -1.10. The van der Waals surface area contributed by atoms with Gasteiger partial charge in [-0.2, -0.15) is 0 Å². The first-order valence-corrected chi connectivity index (χ1v) is 6.92. The van der Waals surface area contributed by atoms with Crippen LogP contribution in [0.25, 0.3) is 0 Å². The van der Waals surface area contributed by atoms with Crippen molar-refractivity contribution in [3.8, 4) is 0 Å². The Kier molecular flexibility index (Phi) is 6.12. The second-order valence-corrected chi connectivity index (χ2v) is 4.93. The summed E-state index contributed by atoms with van der Waals surface area (Å²) < 4.78 is 0. The van der Waals surface area contributed by atoms with Crippen LogP contribution >= 0.6 is 0 Å². The highest BCUT2D eigenvalue weighted by Gasteiger charge is 2.33. The Morgan fingerprint density at radius 3 is 2.44 bits per heavy atom. The summed E-state index contributed by atoms with van der Waals surface area (Å²) >= 11 is 0. The molecule has 1 aliphatic heterocycles. The molecule has 1 saturated heterocycles. The number of nitrogens with one attached hydrogen (secondary N) is 1. The van der Waals surface area contributed by atoms with Gasteiger partial charge in [0.15, 0.2) is 0 Å². The highest BCUT2D eigenvalue weighted by molar-refractivity contribution is 5.88. The second-order valence-electron chi connectivity index (χ2n) is 4.93. The van der Waals surface area contributed by atoms with E-state index in [9.17, 15) is 9.59 Å². The van der Waals surface area contributed by atoms with Crippen molar-refractivity contribution in [3.05, 3.63) is 0 Å². The van der Waals surface area contributed by atoms with Gasteiger partial charge in [0.25, 0.3) is 0 Å². The van der Waals surface area contributed by atoms with Gasteiger partial charge in [0, 0.05) is 25.6 Å². The number of hydrogen-bond donors (Lipinski definition) is 2. The number of carbonyl (C=O) groups is 2. The van der Waals surface area contributed by atoms with E-state index >= 15 is 0 Å². The largest absolute Gasteiger partial charge is 0.368 e. The fourth-order valence-corrected chi connectivity index (χ4v) is 2.55. The van der Waals surface area contributed by atoms with E-state index in [0.717, 1.165) is 32.2 Å². The van der Waals surface area contributed by atoms with Crippen molar-refractivity contribution in [1.82, 2.24) is 10.2 Å². The molecule has 3 N–H and O–H groups in total. The smallest absolute Gasteiger partial charge is 0.241 e. The summed E-state index contributed by atoms with van der Waals surface area (Å²) in [6, 6.07) is -0.484. The molecule has 1 unspecified atom stereocenters. The number of primary amides is 1. The van der Waals surface area contributed by atoms with Crippen LogP contribution < -0.4 is 11.1 Å². The van der Waals surface area contributed by atoms with Crippen LogP contribution in [0.3, 0.4) is 0 Å². The van der Waals surface area contributed by atoms with E-state index in [1.807, 2.05) is 0 Å². The fourth-order valence-electron chi connectivity index (χ4n) is 2.55. The lowest BCUT2D eigenvalue weighted by molar-refractivity contribution is -0.144. The Labute approximate surface area is 109 Å². The molecule has 0 spiro atoms. The summed E-state index contributed by atoms with van der Waals surface area (Å²) in [6.45, 7) is 5.96. The zero-order valence-corrected chi connectivity index (χ0v) is 11.4. The van der Waals surface area contributed by atoms with Crippen LogP contribution in [-0.2, 0) is 9.59 Å². The van der Waals surface area contributed by atoms with Gasteiger partial charge in [-0.05, 0) is 12.8 Å². The van der Waals surface area contributed by atoms with Crippen molar-refractivity contribution < 1.29 is 9.59 Å². The van der Waals surface area contributed by atoms with Crippen molar-refractivity contribution >= 4 is 11.8 Å². The second kappa shape index (κ2) is 7.36. The molecule has 5 nitrogen and oxygen atoms in total. The average molecular weight is 255 g/mol. The fraction of sp³-hybridized carbons (Fsp3) is 0.846. The predicted molar refractivity (Wildman–Crippen MR) is 70.9 cm³/mol. The first-order chi connectivity index (χ1) is 8.61. The van der Waals surface area contributed by atoms with Crippen LogP contribution in [0.15, 0.2) is 0 Å². The molecular formula is C13H25N3O2. The highest BCUT2D eigenvalue weighted by atomic mass is 16.2. The molecule has 0 aromatic rings. The van der Waals surface area contributed by atoms with Crippen molar-refractivity contribution in [3.63, 3.8) is 0 Å². The summed E-state index contributed by atoms with van der Waals surface area (Å²) in [4.78, 5) is 25.6. The maximum absolute atomic E-state index is 12.5. The molecule has 0 aliphatic carbocycles. The molecule has 1 aliphatic rings. The van der Waals surface area contributed by atoms with Gasteiger partial charge in [-0.15, -0.1) is 0 Å². The van der Waals surface area contributed by atoms with Crippen molar-refractivity contribution in [2.75, 3.05) is 19.6 Å². The number of carbonyl (C=O) groups excluding carboxylic acids is 2. The summed E-state index contributed by atoms with van der Waals surface area (Å²) in [6.07, 6.45) is 3.76. The summed E-state index contributed by atoms with van der Waals surface area (Å²) in [7, 11) is 0. The minimum absolute atomic E-state index is 0.0416. The minimum atomic E-state index is -0.484. The van der Waals surface area contributed by atoms with Crippen LogP contribution in [0.5, 0.6) is 0 Å². The minimum Gasteiger partial charge on any atom is -0.368 e. The molecule has 0 aromatic heterocycles. The Balaban J connectivity index is 2.73. The van der Waals surface area contributed by atoms with E-state index in [1.54, 1.807) is 4.90 Å². The summed E-state index contributed by atoms with van der Waals surface area (Å²) in [5, 5.41) is 3.11. The van der Waals surface area contributed by atoms with Crippen LogP contribution in [0.4, 0.5) is 0 Å². The Bertz CT molecular complexity index is 288. The number of hydrogen-bond acceptors (Lipinski definition) is 3. The molecule has 0 saturated carbocycles. The third-order valence-electron chi connectivity index (χ3n) is 3.48. The first-order valence-electron chi connectivity index (χ1n) is 6.92. The lowest BCUT2D eigenvalue weighted by Gasteiger charge is -2.36. The highest BCUT2D eigenvalue weighted by Crippen LogP contribution is 2.19. The lowest BCUT2D eigenvalue weighted by atomic mass is 9.95. The van der Waals surface area contributed by atoms with Crippen LogP contribution in [0.2, 0.25) is 0 Å². The molecule has 2 amide bonds. The van der Waals surface area contributed by atoms with Gasteiger partial charge in [0.2, 0.25) is 11.8 Å². The van der Waals surface area contributed by atoms with Crippen molar-refractivity contribution in [1.29, 1.82) is 0 Å². The number of piperazine rings is 1. The Morgan fingerprint density at radius 1 is 1.33 bits per heavy atom. The maximum Gasteiger partial charge on any atom is 0.241 e. The molecule has 0 aromatic carbocycles. The number of amides is 2. The van der Waals surface area contributed by atoms with E-state index in [2.05, 4.69) is 19.2 Å². The summed E-state index contributed by atoms with van der Waals surface area (Å²) in [5.41, 5.74) is 5.37. The molecule has 1 rings (SSSR count). The molecular weight excluding hydrogens is 230 g/mol. The molecule has 1 heterocycles. The molecule has 0 bridgehead atoms. The van der Waals surface area contributed by atoms with Gasteiger partial charge in [0.1, 0.15) is 6.04 Å². The first kappa shape index (κ1) is 15.0. The monoisotopic (exact) mass is 255 g/mol. The Morgan fingerprint density at radius 2 is 1.94 bits per heavy atom. The molecule has 1 fully saturated rings. The maximum atomic E-state index is 12.5. The van der Waals surface area contributed by atoms with Gasteiger partial charge in [-0.25, -0.2) is 0 Å². The van der Waals surface area contributed by atoms with Crippen molar-refractivity contribution in [2.24, 2.45) is 11.7 Å². The average Bonchev–Trinajstić information content (AvgIpc) is 2.37. The molecule has 104 valence electrons. The predicted octanol–water partition coefficient (Wildman–Crippen LogP) is 0.489. The van der Waals surface area contributed by atoms with E-state index in [-0.39, 0.29) is 11.8 Å². The molecule has 18 heavy (non-hydrogen) atoms. The summed E-state index contributed by atoms with van der Waals surface area (Å²) in [5.74, 6) is -0.272. The topological polar surface area (TPSA) is 75.4 Å². The van der Waals surface area contributed by atoms with Gasteiger partial charge < -0.3 is 16.0 Å². The molecule has 1 atom stereocenters. The molecule has 0 radical (unpaired) electrons. The normalized spacial score (nSPS) is 20.2. The lowest BCUT2D eigenvalue weighted by Crippen LogP contribution is -2.59. The number of rotatable bonds is 6. The quantitative estimate of drug-likeness (QED) is 0.725. The molecule has 5 heteroatoms. The third-order valence-corrected chi connectivity index (χ3v) is 3.48. The van der Waals surface area contributed by atoms with E-state index in [1.165, 1.54) is 0 Å². The van der Waals surface area contributed by atoms with Crippen LogP contribution in [0, 0.1) is 5.92 Å². The van der Waals surface area contributed by atoms with Gasteiger partial charge in [0.05, 0.1) is 0 Å². The van der Waals surface area contributed by atoms with Gasteiger partial charge >= 0.3 is 0 Å². The van der Waals surface area contributed by atoms with Gasteiger partial charge in [-0.1, -0.05) is 26.7 Å². The number of nitrogens with zero attached hydrogens (tertiary/aromatic N) is 1. The van der Waals surface area contributed by atoms with Crippen molar-refractivity contribution in [2.45, 2.75) is 45.6 Å². The van der Waals surface area contributed by atoms with E-state index in [0.29, 0.717) is 13.1 Å². The van der Waals surface area contributed by atoms with Gasteiger partial charge in [-0.3, -0.25) is 9.59 Å². The standard InChI is InChI=1S/C13H25N3O2/c1-3-5-10(6-4-2)13(18)16-8-7-15-9-11(16)12(14)17/h10-11,15H,3-9H2,1-2H3,(H2,14,17). The van der Waals surface area contributed by atoms with E-state index in [4.69, 9.17) is 5.73 Å². The zero-order valence-electron chi connectivity index (χ0n) is 11.4.